The lowest BCUT2D eigenvalue weighted by Gasteiger charge is -2.07. The van der Waals surface area contributed by atoms with E-state index in [0.717, 1.165) is 29.8 Å². The minimum atomic E-state index is 0.915. The van der Waals surface area contributed by atoms with Crippen molar-refractivity contribution < 1.29 is 0 Å². The molecule has 1 aliphatic rings. The van der Waals surface area contributed by atoms with E-state index in [-0.39, 0.29) is 0 Å². The van der Waals surface area contributed by atoms with Gasteiger partial charge in [0.15, 0.2) is 0 Å². The first-order chi connectivity index (χ1) is 13.2. The molecular weight excluding hydrogens is 326 g/mol. The van der Waals surface area contributed by atoms with Gasteiger partial charge in [-0.05, 0) is 56.9 Å². The Morgan fingerprint density at radius 2 is 1.78 bits per heavy atom. The summed E-state index contributed by atoms with van der Waals surface area (Å²) in [4.78, 5) is 5.05. The number of hydrogen-bond donors (Lipinski definition) is 0. The van der Waals surface area contributed by atoms with Crippen LogP contribution in [-0.2, 0) is 0 Å². The van der Waals surface area contributed by atoms with Gasteiger partial charge in [0.05, 0.1) is 11.4 Å². The molecule has 27 heavy (non-hydrogen) atoms. The molecule has 2 aromatic rings. The van der Waals surface area contributed by atoms with Gasteiger partial charge in [-0.1, -0.05) is 84.0 Å². The number of benzene rings is 2. The molecule has 3 rings (SSSR count). The van der Waals surface area contributed by atoms with Gasteiger partial charge in [-0.25, -0.2) is 4.99 Å². The van der Waals surface area contributed by atoms with Gasteiger partial charge in [0.1, 0.15) is 0 Å². The molecule has 1 aliphatic heterocycles. The van der Waals surface area contributed by atoms with Crippen LogP contribution in [0.15, 0.2) is 101 Å². The van der Waals surface area contributed by atoms with Crippen LogP contribution in [0.1, 0.15) is 43.4 Å². The third-order valence-electron chi connectivity index (χ3n) is 4.71. The fraction of sp³-hybridized carbons (Fsp3) is 0.192. The van der Waals surface area contributed by atoms with Crippen molar-refractivity contribution in [3.63, 3.8) is 0 Å². The second-order valence-electron chi connectivity index (χ2n) is 6.87. The largest absolute Gasteiger partial charge is 0.248 e. The van der Waals surface area contributed by atoms with Crippen LogP contribution in [0, 0.1) is 6.92 Å². The Bertz CT molecular complexity index is 937. The summed E-state index contributed by atoms with van der Waals surface area (Å²) < 4.78 is 0. The molecule has 0 saturated carbocycles. The normalized spacial score (nSPS) is 15.2. The fourth-order valence-electron chi connectivity index (χ4n) is 3.29. The molecule has 0 aliphatic carbocycles. The average Bonchev–Trinajstić information content (AvgIpc) is 2.91. The fourth-order valence-corrected chi connectivity index (χ4v) is 3.29. The van der Waals surface area contributed by atoms with Crippen molar-refractivity contribution in [2.75, 3.05) is 0 Å². The second kappa shape index (κ2) is 9.14. The minimum absolute atomic E-state index is 0.915. The summed E-state index contributed by atoms with van der Waals surface area (Å²) in [5.74, 6) is 0. The topological polar surface area (TPSA) is 12.4 Å². The first-order valence-electron chi connectivity index (χ1n) is 9.58. The first-order valence-corrected chi connectivity index (χ1v) is 9.58. The Morgan fingerprint density at radius 1 is 1.00 bits per heavy atom. The summed E-state index contributed by atoms with van der Waals surface area (Å²) in [5, 5.41) is 0. The first kappa shape index (κ1) is 18.8. The predicted octanol–water partition coefficient (Wildman–Crippen LogP) is 7.07. The zero-order chi connectivity index (χ0) is 19.1. The van der Waals surface area contributed by atoms with Crippen LogP contribution in [0.25, 0.3) is 5.70 Å². The third kappa shape index (κ3) is 5.04. The van der Waals surface area contributed by atoms with Crippen molar-refractivity contribution >= 4 is 11.4 Å². The summed E-state index contributed by atoms with van der Waals surface area (Å²) in [6.07, 6.45) is 12.9. The van der Waals surface area contributed by atoms with Crippen LogP contribution in [0.3, 0.4) is 0 Å². The van der Waals surface area contributed by atoms with Crippen LogP contribution in [0.5, 0.6) is 0 Å². The Morgan fingerprint density at radius 3 is 2.48 bits per heavy atom. The van der Waals surface area contributed by atoms with E-state index in [1.165, 1.54) is 22.3 Å². The molecule has 2 aromatic carbocycles. The summed E-state index contributed by atoms with van der Waals surface area (Å²) in [7, 11) is 0. The molecule has 0 aromatic heterocycles. The SMILES string of the molecule is C/C=C\C(=C/C)CC1=CC(c2cccc(C)c2)=NC(c2ccccc2)=CC1. The highest BCUT2D eigenvalue weighted by Gasteiger charge is 2.11. The van der Waals surface area contributed by atoms with E-state index in [4.69, 9.17) is 4.99 Å². The number of nitrogens with zero attached hydrogens (tertiary/aromatic N) is 1. The molecule has 0 amide bonds. The van der Waals surface area contributed by atoms with Gasteiger partial charge in [-0.3, -0.25) is 0 Å². The van der Waals surface area contributed by atoms with Crippen molar-refractivity contribution in [2.45, 2.75) is 33.6 Å². The van der Waals surface area contributed by atoms with Gasteiger partial charge in [-0.15, -0.1) is 0 Å². The average molecular weight is 354 g/mol. The Hall–Kier alpha value is -2.93. The Balaban J connectivity index is 2.03. The molecule has 0 saturated heterocycles. The van der Waals surface area contributed by atoms with Crippen molar-refractivity contribution in [1.82, 2.24) is 0 Å². The van der Waals surface area contributed by atoms with Gasteiger partial charge in [0.2, 0.25) is 0 Å². The molecular formula is C26H27N. The van der Waals surface area contributed by atoms with E-state index in [2.05, 4.69) is 99.7 Å². The smallest absolute Gasteiger partial charge is 0.0709 e. The van der Waals surface area contributed by atoms with Crippen molar-refractivity contribution in [3.8, 4) is 0 Å². The Kier molecular flexibility index (Phi) is 6.38. The van der Waals surface area contributed by atoms with Crippen molar-refractivity contribution in [2.24, 2.45) is 4.99 Å². The van der Waals surface area contributed by atoms with Crippen molar-refractivity contribution in [1.29, 1.82) is 0 Å². The maximum absolute atomic E-state index is 5.05. The number of rotatable bonds is 5. The molecule has 0 unspecified atom stereocenters. The molecule has 1 nitrogen and oxygen atoms in total. The van der Waals surface area contributed by atoms with Crippen LogP contribution in [-0.4, -0.2) is 5.71 Å². The highest BCUT2D eigenvalue weighted by molar-refractivity contribution is 6.11. The zero-order valence-electron chi connectivity index (χ0n) is 16.4. The van der Waals surface area contributed by atoms with Crippen LogP contribution in [0.2, 0.25) is 0 Å². The lowest BCUT2D eigenvalue weighted by Crippen LogP contribution is -1.99. The van der Waals surface area contributed by atoms with E-state index in [9.17, 15) is 0 Å². The quantitative estimate of drug-likeness (QED) is 0.510. The van der Waals surface area contributed by atoms with Gasteiger partial charge in [0, 0.05) is 5.56 Å². The lowest BCUT2D eigenvalue weighted by molar-refractivity contribution is 1.07. The van der Waals surface area contributed by atoms with Gasteiger partial charge >= 0.3 is 0 Å². The van der Waals surface area contributed by atoms with E-state index in [1.54, 1.807) is 0 Å². The molecule has 136 valence electrons. The maximum Gasteiger partial charge on any atom is 0.0709 e. The number of aryl methyl sites for hydroxylation is 1. The Labute approximate surface area is 163 Å². The third-order valence-corrected chi connectivity index (χ3v) is 4.71. The molecule has 0 bridgehead atoms. The van der Waals surface area contributed by atoms with E-state index in [0.29, 0.717) is 0 Å². The molecule has 0 atom stereocenters. The number of allylic oxidation sites excluding steroid dienone is 7. The van der Waals surface area contributed by atoms with Crippen molar-refractivity contribution in [3.05, 3.63) is 113 Å². The molecule has 1 heteroatoms. The molecule has 0 spiro atoms. The van der Waals surface area contributed by atoms with Gasteiger partial charge in [-0.2, -0.15) is 0 Å². The molecule has 0 fully saturated rings. The van der Waals surface area contributed by atoms with E-state index in [1.807, 2.05) is 6.07 Å². The van der Waals surface area contributed by atoms with E-state index >= 15 is 0 Å². The molecule has 0 N–H and O–H groups in total. The summed E-state index contributed by atoms with van der Waals surface area (Å²) >= 11 is 0. The standard InChI is InChI=1S/C26H27N/c1-4-10-21(5-2)18-22-15-16-25(23-12-7-6-8-13-23)27-26(19-22)24-14-9-11-20(3)17-24/h4-14,16-17,19H,15,18H2,1-3H3/b10-4-,21-5+. The molecule has 0 radical (unpaired) electrons. The summed E-state index contributed by atoms with van der Waals surface area (Å²) in [6.45, 7) is 6.30. The van der Waals surface area contributed by atoms with Crippen LogP contribution >= 0.6 is 0 Å². The number of aliphatic imine (C=N–C) groups is 1. The van der Waals surface area contributed by atoms with E-state index < -0.39 is 0 Å². The van der Waals surface area contributed by atoms with Gasteiger partial charge < -0.3 is 0 Å². The lowest BCUT2D eigenvalue weighted by atomic mass is 9.98. The minimum Gasteiger partial charge on any atom is -0.248 e. The van der Waals surface area contributed by atoms with Crippen LogP contribution in [0.4, 0.5) is 0 Å². The summed E-state index contributed by atoms with van der Waals surface area (Å²) in [6, 6.07) is 19.0. The highest BCUT2D eigenvalue weighted by Crippen LogP contribution is 2.26. The highest BCUT2D eigenvalue weighted by atomic mass is 14.8. The van der Waals surface area contributed by atoms with Crippen LogP contribution < -0.4 is 0 Å². The monoisotopic (exact) mass is 353 g/mol. The maximum atomic E-state index is 5.05. The number of hydrogen-bond acceptors (Lipinski definition) is 1. The van der Waals surface area contributed by atoms with Gasteiger partial charge in [0.25, 0.3) is 0 Å². The summed E-state index contributed by atoms with van der Waals surface area (Å²) in [5.41, 5.74) is 8.39. The predicted molar refractivity (Wildman–Crippen MR) is 118 cm³/mol. The second-order valence-corrected chi connectivity index (χ2v) is 6.87. The zero-order valence-corrected chi connectivity index (χ0v) is 16.4. The molecule has 1 heterocycles.